The first-order valence-electron chi connectivity index (χ1n) is 4.40. The maximum absolute atomic E-state index is 11.1. The number of rotatable bonds is 2. The molecule has 2 aromatic rings. The van der Waals surface area contributed by atoms with Crippen molar-refractivity contribution < 1.29 is 4.74 Å². The number of ether oxygens (including phenoxy) is 1. The van der Waals surface area contributed by atoms with Crippen molar-refractivity contribution >= 4 is 0 Å². The van der Waals surface area contributed by atoms with Crippen LogP contribution in [0.15, 0.2) is 35.4 Å². The van der Waals surface area contributed by atoms with Gasteiger partial charge in [-0.25, -0.2) is 4.98 Å². The number of aromatic amines is 1. The van der Waals surface area contributed by atoms with Crippen molar-refractivity contribution in [1.82, 2.24) is 15.0 Å². The fourth-order valence-electron chi connectivity index (χ4n) is 1.13. The second kappa shape index (κ2) is 3.91. The number of nitrogens with one attached hydrogen (secondary N) is 1. The minimum Gasteiger partial charge on any atom is -0.437 e. The van der Waals surface area contributed by atoms with Crippen molar-refractivity contribution in [3.05, 3.63) is 46.8 Å². The van der Waals surface area contributed by atoms with Gasteiger partial charge in [0, 0.05) is 6.20 Å². The first-order valence-corrected chi connectivity index (χ1v) is 4.40. The molecule has 1 N–H and O–H groups in total. The second-order valence-electron chi connectivity index (χ2n) is 2.96. The van der Waals surface area contributed by atoms with Crippen LogP contribution in [0, 0.1) is 6.92 Å². The molecule has 2 aromatic heterocycles. The number of hydrogen-bond acceptors (Lipinski definition) is 4. The van der Waals surface area contributed by atoms with Gasteiger partial charge in [-0.1, -0.05) is 0 Å². The zero-order valence-electron chi connectivity index (χ0n) is 8.10. The molecule has 0 saturated carbocycles. The van der Waals surface area contributed by atoms with E-state index in [4.69, 9.17) is 4.74 Å². The van der Waals surface area contributed by atoms with E-state index in [1.807, 2.05) is 0 Å². The quantitative estimate of drug-likeness (QED) is 0.797. The van der Waals surface area contributed by atoms with Crippen LogP contribution < -0.4 is 10.3 Å². The van der Waals surface area contributed by atoms with Gasteiger partial charge in [0.1, 0.15) is 11.6 Å². The third-order valence-corrected chi connectivity index (χ3v) is 1.69. The third-order valence-electron chi connectivity index (χ3n) is 1.69. The summed E-state index contributed by atoms with van der Waals surface area (Å²) in [5.41, 5.74) is -0.235. The standard InChI is InChI=1S/C10H9N3O2/c1-7-12-9(14)5-10(13-7)15-8-3-2-4-11-6-8/h2-6H,1H3,(H,12,13,14). The number of H-pyrrole nitrogens is 1. The van der Waals surface area contributed by atoms with Crippen LogP contribution in [-0.2, 0) is 0 Å². The maximum atomic E-state index is 11.1. The van der Waals surface area contributed by atoms with Gasteiger partial charge in [0.25, 0.3) is 5.56 Å². The number of nitrogens with zero attached hydrogens (tertiary/aromatic N) is 2. The van der Waals surface area contributed by atoms with E-state index >= 15 is 0 Å². The topological polar surface area (TPSA) is 67.9 Å². The summed E-state index contributed by atoms with van der Waals surface area (Å²) in [4.78, 5) is 21.6. The molecule has 15 heavy (non-hydrogen) atoms. The fourth-order valence-corrected chi connectivity index (χ4v) is 1.13. The summed E-state index contributed by atoms with van der Waals surface area (Å²) in [6, 6.07) is 4.78. The second-order valence-corrected chi connectivity index (χ2v) is 2.96. The Morgan fingerprint density at radius 1 is 1.47 bits per heavy atom. The van der Waals surface area contributed by atoms with Crippen molar-refractivity contribution in [2.45, 2.75) is 6.92 Å². The largest absolute Gasteiger partial charge is 0.437 e. The summed E-state index contributed by atoms with van der Waals surface area (Å²) >= 11 is 0. The summed E-state index contributed by atoms with van der Waals surface area (Å²) in [5.74, 6) is 1.33. The molecule has 5 heteroatoms. The van der Waals surface area contributed by atoms with Crippen LogP contribution in [0.25, 0.3) is 0 Å². The van der Waals surface area contributed by atoms with Gasteiger partial charge < -0.3 is 9.72 Å². The van der Waals surface area contributed by atoms with Gasteiger partial charge in [0.15, 0.2) is 0 Å². The molecule has 76 valence electrons. The molecular weight excluding hydrogens is 194 g/mol. The van der Waals surface area contributed by atoms with E-state index in [9.17, 15) is 4.79 Å². The molecule has 0 saturated heterocycles. The van der Waals surface area contributed by atoms with Crippen molar-refractivity contribution in [3.63, 3.8) is 0 Å². The summed E-state index contributed by atoms with van der Waals surface area (Å²) in [6.07, 6.45) is 3.20. The van der Waals surface area contributed by atoms with E-state index in [1.165, 1.54) is 6.07 Å². The molecule has 0 aliphatic carbocycles. The van der Waals surface area contributed by atoms with Crippen molar-refractivity contribution in [2.75, 3.05) is 0 Å². The molecule has 0 bridgehead atoms. The van der Waals surface area contributed by atoms with E-state index < -0.39 is 0 Å². The van der Waals surface area contributed by atoms with Crippen LogP contribution in [0.4, 0.5) is 0 Å². The van der Waals surface area contributed by atoms with Gasteiger partial charge in [0.2, 0.25) is 5.88 Å². The molecule has 2 heterocycles. The lowest BCUT2D eigenvalue weighted by Crippen LogP contribution is -2.08. The van der Waals surface area contributed by atoms with Crippen molar-refractivity contribution in [2.24, 2.45) is 0 Å². The average Bonchev–Trinajstić information content (AvgIpc) is 2.17. The number of aryl methyl sites for hydroxylation is 1. The Labute approximate surface area is 85.8 Å². The Bertz CT molecular complexity index is 508. The fraction of sp³-hybridized carbons (Fsp3) is 0.100. The summed E-state index contributed by atoms with van der Waals surface area (Å²) < 4.78 is 5.35. The van der Waals surface area contributed by atoms with Crippen LogP contribution in [-0.4, -0.2) is 15.0 Å². The monoisotopic (exact) mass is 203 g/mol. The zero-order chi connectivity index (χ0) is 10.7. The molecular formula is C10H9N3O2. The van der Waals surface area contributed by atoms with Crippen LogP contribution >= 0.6 is 0 Å². The highest BCUT2D eigenvalue weighted by molar-refractivity contribution is 5.22. The van der Waals surface area contributed by atoms with Crippen LogP contribution in [0.5, 0.6) is 11.6 Å². The molecule has 0 aliphatic rings. The minimum absolute atomic E-state index is 0.235. The van der Waals surface area contributed by atoms with Crippen LogP contribution in [0.3, 0.4) is 0 Å². The zero-order valence-corrected chi connectivity index (χ0v) is 8.10. The predicted molar refractivity (Wildman–Crippen MR) is 53.9 cm³/mol. The number of hydrogen-bond donors (Lipinski definition) is 1. The highest BCUT2D eigenvalue weighted by Crippen LogP contribution is 2.15. The predicted octanol–water partition coefficient (Wildman–Crippen LogP) is 1.27. The van der Waals surface area contributed by atoms with Gasteiger partial charge in [-0.15, -0.1) is 0 Å². The third kappa shape index (κ3) is 2.40. The molecule has 0 radical (unpaired) electrons. The van der Waals surface area contributed by atoms with Crippen molar-refractivity contribution in [3.8, 4) is 11.6 Å². The average molecular weight is 203 g/mol. The number of aromatic nitrogens is 3. The smallest absolute Gasteiger partial charge is 0.254 e. The molecule has 0 spiro atoms. The van der Waals surface area contributed by atoms with E-state index in [0.717, 1.165) is 0 Å². The molecule has 0 atom stereocenters. The van der Waals surface area contributed by atoms with Crippen LogP contribution in [0.2, 0.25) is 0 Å². The Balaban J connectivity index is 2.29. The molecule has 0 fully saturated rings. The normalized spacial score (nSPS) is 9.93. The van der Waals surface area contributed by atoms with E-state index in [0.29, 0.717) is 11.6 Å². The molecule has 0 aliphatic heterocycles. The van der Waals surface area contributed by atoms with Gasteiger partial charge >= 0.3 is 0 Å². The molecule has 0 aromatic carbocycles. The Morgan fingerprint density at radius 3 is 3.00 bits per heavy atom. The van der Waals surface area contributed by atoms with Crippen LogP contribution in [0.1, 0.15) is 5.82 Å². The highest BCUT2D eigenvalue weighted by Gasteiger charge is 2.00. The first-order chi connectivity index (χ1) is 7.24. The SMILES string of the molecule is Cc1nc(Oc2cccnc2)cc(=O)[nH]1. The summed E-state index contributed by atoms with van der Waals surface area (Å²) in [6.45, 7) is 1.69. The minimum atomic E-state index is -0.235. The molecule has 0 unspecified atom stereocenters. The number of pyridine rings is 1. The lowest BCUT2D eigenvalue weighted by atomic mass is 10.4. The van der Waals surface area contributed by atoms with E-state index in [2.05, 4.69) is 15.0 Å². The lowest BCUT2D eigenvalue weighted by Gasteiger charge is -2.03. The van der Waals surface area contributed by atoms with E-state index in [-0.39, 0.29) is 11.4 Å². The van der Waals surface area contributed by atoms with Gasteiger partial charge in [-0.05, 0) is 19.1 Å². The van der Waals surface area contributed by atoms with Gasteiger partial charge in [-0.3, -0.25) is 9.78 Å². The Hall–Kier alpha value is -2.17. The van der Waals surface area contributed by atoms with E-state index in [1.54, 1.807) is 31.5 Å². The molecule has 2 rings (SSSR count). The van der Waals surface area contributed by atoms with Crippen molar-refractivity contribution in [1.29, 1.82) is 0 Å². The van der Waals surface area contributed by atoms with Gasteiger partial charge in [-0.2, -0.15) is 0 Å². The Morgan fingerprint density at radius 2 is 2.33 bits per heavy atom. The first kappa shape index (κ1) is 9.39. The summed E-state index contributed by atoms with van der Waals surface area (Å²) in [7, 11) is 0. The highest BCUT2D eigenvalue weighted by atomic mass is 16.5. The Kier molecular flexibility index (Phi) is 2.45. The lowest BCUT2D eigenvalue weighted by molar-refractivity contribution is 0.456. The maximum Gasteiger partial charge on any atom is 0.254 e. The molecule has 5 nitrogen and oxygen atoms in total. The van der Waals surface area contributed by atoms with Gasteiger partial charge in [0.05, 0.1) is 12.3 Å². The summed E-state index contributed by atoms with van der Waals surface area (Å²) in [5, 5.41) is 0. The molecule has 0 amide bonds.